The molecular weight excluding hydrogens is 402 g/mol. The van der Waals surface area contributed by atoms with E-state index in [4.69, 9.17) is 4.98 Å². The molecule has 0 aliphatic heterocycles. The predicted molar refractivity (Wildman–Crippen MR) is 118 cm³/mol. The Balaban J connectivity index is 1.51. The lowest BCUT2D eigenvalue weighted by molar-refractivity contribution is -0.384. The van der Waals surface area contributed by atoms with Crippen LogP contribution >= 0.6 is 11.3 Å². The average molecular weight is 421 g/mol. The highest BCUT2D eigenvalue weighted by Gasteiger charge is 2.16. The van der Waals surface area contributed by atoms with E-state index in [1.165, 1.54) is 35.6 Å². The molecule has 2 heterocycles. The van der Waals surface area contributed by atoms with Crippen molar-refractivity contribution in [1.29, 1.82) is 0 Å². The first kappa shape index (κ1) is 19.6. The van der Waals surface area contributed by atoms with Crippen molar-refractivity contribution in [3.63, 3.8) is 0 Å². The maximum Gasteiger partial charge on any atom is 0.279 e. The zero-order valence-electron chi connectivity index (χ0n) is 16.2. The molecule has 152 valence electrons. The number of benzene rings is 2. The number of hydrazine groups is 1. The molecule has 4 aromatic rings. The normalized spacial score (nSPS) is 10.8. The van der Waals surface area contributed by atoms with E-state index in [1.54, 1.807) is 6.07 Å². The Hall–Kier alpha value is -3.72. The van der Waals surface area contributed by atoms with Crippen molar-refractivity contribution >= 4 is 39.7 Å². The second kappa shape index (κ2) is 8.34. The van der Waals surface area contributed by atoms with E-state index in [2.05, 4.69) is 28.4 Å². The van der Waals surface area contributed by atoms with Crippen LogP contribution in [0, 0.1) is 10.1 Å². The quantitative estimate of drug-likeness (QED) is 0.328. The van der Waals surface area contributed by atoms with Crippen molar-refractivity contribution in [3.8, 4) is 10.7 Å². The fraction of sp³-hybridized carbons (Fsp3) is 0.143. The van der Waals surface area contributed by atoms with Gasteiger partial charge in [-0.3, -0.25) is 25.8 Å². The standard InChI is InChI=1S/C21H19N5O3S/c1-2-13-25-17-6-4-3-5-16(17)22-20(25)18-11-12-19(30-18)21(27)24-23-14-7-9-15(10-8-14)26(28)29/h3-12,23H,2,13H2,1H3,(H,24,27). The van der Waals surface area contributed by atoms with Gasteiger partial charge in [0, 0.05) is 18.7 Å². The third-order valence-electron chi connectivity index (χ3n) is 4.55. The number of non-ortho nitro benzene ring substituents is 1. The highest BCUT2D eigenvalue weighted by Crippen LogP contribution is 2.31. The van der Waals surface area contributed by atoms with Crippen LogP contribution in [0.4, 0.5) is 11.4 Å². The van der Waals surface area contributed by atoms with E-state index >= 15 is 0 Å². The van der Waals surface area contributed by atoms with Crippen molar-refractivity contribution in [3.05, 3.63) is 75.7 Å². The maximum atomic E-state index is 12.5. The number of carbonyl (C=O) groups excluding carboxylic acids is 1. The van der Waals surface area contributed by atoms with Gasteiger partial charge < -0.3 is 4.57 Å². The lowest BCUT2D eigenvalue weighted by Gasteiger charge is -2.07. The zero-order valence-corrected chi connectivity index (χ0v) is 17.0. The Kier molecular flexibility index (Phi) is 5.44. The monoisotopic (exact) mass is 421 g/mol. The number of nitrogens with zero attached hydrogens (tertiary/aromatic N) is 3. The number of fused-ring (bicyclic) bond motifs is 1. The summed E-state index contributed by atoms with van der Waals surface area (Å²) in [4.78, 5) is 29.0. The molecular formula is C21H19N5O3S. The number of nitrogens with one attached hydrogen (secondary N) is 2. The smallest absolute Gasteiger partial charge is 0.279 e. The van der Waals surface area contributed by atoms with Crippen molar-refractivity contribution in [2.24, 2.45) is 0 Å². The molecule has 1 amide bonds. The first-order valence-electron chi connectivity index (χ1n) is 9.43. The molecule has 0 saturated carbocycles. The summed E-state index contributed by atoms with van der Waals surface area (Å²) in [5.74, 6) is 0.563. The van der Waals surface area contributed by atoms with Gasteiger partial charge >= 0.3 is 0 Å². The Morgan fingerprint density at radius 3 is 2.63 bits per heavy atom. The van der Waals surface area contributed by atoms with Crippen LogP contribution in [0.5, 0.6) is 0 Å². The van der Waals surface area contributed by atoms with E-state index in [0.29, 0.717) is 10.6 Å². The molecule has 0 spiro atoms. The molecule has 9 heteroatoms. The second-order valence-corrected chi connectivity index (χ2v) is 7.71. The molecule has 0 saturated heterocycles. The van der Waals surface area contributed by atoms with Gasteiger partial charge in [-0.2, -0.15) is 0 Å². The summed E-state index contributed by atoms with van der Waals surface area (Å²) in [6, 6.07) is 17.5. The van der Waals surface area contributed by atoms with Crippen molar-refractivity contribution < 1.29 is 9.72 Å². The SMILES string of the molecule is CCCn1c(-c2ccc(C(=O)NNc3ccc([N+](=O)[O-])cc3)s2)nc2ccccc21. The van der Waals surface area contributed by atoms with Gasteiger partial charge in [0.25, 0.3) is 11.6 Å². The van der Waals surface area contributed by atoms with Gasteiger partial charge in [-0.15, -0.1) is 11.3 Å². The Bertz CT molecular complexity index is 1210. The predicted octanol–water partition coefficient (Wildman–Crippen LogP) is 4.84. The first-order chi connectivity index (χ1) is 14.6. The van der Waals surface area contributed by atoms with Crippen molar-refractivity contribution in [2.75, 3.05) is 5.43 Å². The molecule has 2 aromatic heterocycles. The number of anilines is 1. The van der Waals surface area contributed by atoms with Gasteiger partial charge in [-0.25, -0.2) is 4.98 Å². The van der Waals surface area contributed by atoms with Crippen LogP contribution in [0.3, 0.4) is 0 Å². The van der Waals surface area contributed by atoms with Gasteiger partial charge in [-0.05, 0) is 42.8 Å². The molecule has 0 fully saturated rings. The van der Waals surface area contributed by atoms with E-state index in [-0.39, 0.29) is 11.6 Å². The number of hydrogen-bond donors (Lipinski definition) is 2. The molecule has 30 heavy (non-hydrogen) atoms. The van der Waals surface area contributed by atoms with Crippen LogP contribution < -0.4 is 10.9 Å². The van der Waals surface area contributed by atoms with Gasteiger partial charge in [0.1, 0.15) is 0 Å². The largest absolute Gasteiger partial charge is 0.323 e. The summed E-state index contributed by atoms with van der Waals surface area (Å²) in [7, 11) is 0. The average Bonchev–Trinajstić information content (AvgIpc) is 3.38. The van der Waals surface area contributed by atoms with E-state index < -0.39 is 4.92 Å². The Morgan fingerprint density at radius 2 is 1.90 bits per heavy atom. The van der Waals surface area contributed by atoms with Crippen LogP contribution in [0.2, 0.25) is 0 Å². The van der Waals surface area contributed by atoms with Gasteiger partial charge in [0.2, 0.25) is 0 Å². The molecule has 8 nitrogen and oxygen atoms in total. The number of aromatic nitrogens is 2. The highest BCUT2D eigenvalue weighted by molar-refractivity contribution is 7.17. The summed E-state index contributed by atoms with van der Waals surface area (Å²) in [6.07, 6.45) is 0.977. The third kappa shape index (κ3) is 3.87. The molecule has 2 aromatic carbocycles. The molecule has 0 unspecified atom stereocenters. The fourth-order valence-electron chi connectivity index (χ4n) is 3.15. The lowest BCUT2D eigenvalue weighted by atomic mass is 10.3. The number of carbonyl (C=O) groups is 1. The number of imidazole rings is 1. The van der Waals surface area contributed by atoms with Crippen LogP contribution in [0.1, 0.15) is 23.0 Å². The minimum absolute atomic E-state index is 0.00950. The second-order valence-electron chi connectivity index (χ2n) is 6.62. The molecule has 2 N–H and O–H groups in total. The lowest BCUT2D eigenvalue weighted by Crippen LogP contribution is -2.28. The summed E-state index contributed by atoms with van der Waals surface area (Å²) in [6.45, 7) is 2.96. The van der Waals surface area contributed by atoms with E-state index in [1.807, 2.05) is 24.3 Å². The van der Waals surface area contributed by atoms with Crippen molar-refractivity contribution in [2.45, 2.75) is 19.9 Å². The Morgan fingerprint density at radius 1 is 1.13 bits per heavy atom. The number of amides is 1. The molecule has 0 aliphatic rings. The number of thiophene rings is 1. The Labute approximate surface area is 176 Å². The van der Waals surface area contributed by atoms with Crippen LogP contribution in [-0.2, 0) is 6.54 Å². The number of hydrogen-bond acceptors (Lipinski definition) is 6. The molecule has 0 aliphatic carbocycles. The molecule has 0 bridgehead atoms. The summed E-state index contributed by atoms with van der Waals surface area (Å²) >= 11 is 1.37. The first-order valence-corrected chi connectivity index (χ1v) is 10.2. The van der Waals surface area contributed by atoms with Crippen molar-refractivity contribution in [1.82, 2.24) is 15.0 Å². The summed E-state index contributed by atoms with van der Waals surface area (Å²) in [5.41, 5.74) is 7.94. The number of nitro groups is 1. The van der Waals surface area contributed by atoms with Gasteiger partial charge in [0.15, 0.2) is 5.82 Å². The van der Waals surface area contributed by atoms with Crippen LogP contribution in [0.25, 0.3) is 21.7 Å². The maximum absolute atomic E-state index is 12.5. The minimum atomic E-state index is -0.471. The topological polar surface area (TPSA) is 102 Å². The number of rotatable bonds is 7. The molecule has 0 radical (unpaired) electrons. The molecule has 0 atom stereocenters. The van der Waals surface area contributed by atoms with Crippen LogP contribution in [0.15, 0.2) is 60.7 Å². The highest BCUT2D eigenvalue weighted by atomic mass is 32.1. The zero-order chi connectivity index (χ0) is 21.1. The minimum Gasteiger partial charge on any atom is -0.323 e. The number of nitro benzene ring substituents is 1. The fourth-order valence-corrected chi connectivity index (χ4v) is 4.05. The van der Waals surface area contributed by atoms with E-state index in [9.17, 15) is 14.9 Å². The third-order valence-corrected chi connectivity index (χ3v) is 5.63. The van der Waals surface area contributed by atoms with Gasteiger partial charge in [-0.1, -0.05) is 19.1 Å². The number of para-hydroxylation sites is 2. The van der Waals surface area contributed by atoms with E-state index in [0.717, 1.165) is 34.7 Å². The summed E-state index contributed by atoms with van der Waals surface area (Å²) < 4.78 is 2.18. The number of aryl methyl sites for hydroxylation is 1. The van der Waals surface area contributed by atoms with Crippen LogP contribution in [-0.4, -0.2) is 20.4 Å². The summed E-state index contributed by atoms with van der Waals surface area (Å²) in [5, 5.41) is 10.7. The molecule has 4 rings (SSSR count). The van der Waals surface area contributed by atoms with Gasteiger partial charge in [0.05, 0.1) is 31.4 Å².